The van der Waals surface area contributed by atoms with E-state index in [1.54, 1.807) is 18.2 Å². The molecule has 0 saturated carbocycles. The average molecular weight is 454 g/mol. The molecule has 2 rings (SSSR count). The summed E-state index contributed by atoms with van der Waals surface area (Å²) in [5.74, 6) is -0.345. The molecule has 0 unspecified atom stereocenters. The van der Waals surface area contributed by atoms with Crippen LogP contribution >= 0.6 is 15.9 Å². The second-order valence-electron chi connectivity index (χ2n) is 6.31. The second kappa shape index (κ2) is 9.23. The highest BCUT2D eigenvalue weighted by Gasteiger charge is 2.21. The Balaban J connectivity index is 1.97. The molecular formula is C19H24BrN3O3S. The lowest BCUT2D eigenvalue weighted by atomic mass is 10.2. The molecule has 0 aliphatic heterocycles. The van der Waals surface area contributed by atoms with Gasteiger partial charge >= 0.3 is 0 Å². The van der Waals surface area contributed by atoms with E-state index in [-0.39, 0.29) is 12.5 Å². The zero-order chi connectivity index (χ0) is 20.0. The van der Waals surface area contributed by atoms with Gasteiger partial charge in [-0.3, -0.25) is 9.10 Å². The molecule has 1 amide bonds. The highest BCUT2D eigenvalue weighted by molar-refractivity contribution is 9.10. The number of sulfonamides is 1. The van der Waals surface area contributed by atoms with Crippen LogP contribution in [0.3, 0.4) is 0 Å². The minimum Gasteiger partial charge on any atom is -0.373 e. The largest absolute Gasteiger partial charge is 0.373 e. The maximum absolute atomic E-state index is 12.3. The molecule has 1 N–H and O–H groups in total. The number of rotatable bonds is 8. The molecule has 0 aliphatic rings. The van der Waals surface area contributed by atoms with Crippen molar-refractivity contribution in [3.8, 4) is 0 Å². The van der Waals surface area contributed by atoms with Gasteiger partial charge in [0.05, 0.1) is 11.9 Å². The number of anilines is 2. The molecular weight excluding hydrogens is 430 g/mol. The average Bonchev–Trinajstić information content (AvgIpc) is 2.62. The predicted molar refractivity (Wildman–Crippen MR) is 114 cm³/mol. The summed E-state index contributed by atoms with van der Waals surface area (Å²) in [6.07, 6.45) is 1.10. The van der Waals surface area contributed by atoms with E-state index in [1.807, 2.05) is 49.2 Å². The molecule has 0 heterocycles. The SMILES string of the molecule is Cc1cc(N(CC(=O)NCCN(C)c2ccccc2)S(C)(=O)=O)ccc1Br. The highest BCUT2D eigenvalue weighted by Crippen LogP contribution is 2.24. The molecule has 0 radical (unpaired) electrons. The Morgan fingerprint density at radius 2 is 1.78 bits per heavy atom. The summed E-state index contributed by atoms with van der Waals surface area (Å²) in [5.41, 5.74) is 2.41. The van der Waals surface area contributed by atoms with Crippen molar-refractivity contribution < 1.29 is 13.2 Å². The predicted octanol–water partition coefficient (Wildman–Crippen LogP) is 2.78. The van der Waals surface area contributed by atoms with E-state index < -0.39 is 10.0 Å². The van der Waals surface area contributed by atoms with Gasteiger partial charge in [-0.2, -0.15) is 0 Å². The zero-order valence-electron chi connectivity index (χ0n) is 15.6. The summed E-state index contributed by atoms with van der Waals surface area (Å²) in [7, 11) is -1.64. The third-order valence-electron chi connectivity index (χ3n) is 4.08. The van der Waals surface area contributed by atoms with Crippen LogP contribution in [-0.4, -0.2) is 47.3 Å². The van der Waals surface area contributed by atoms with Crippen molar-refractivity contribution >= 4 is 43.2 Å². The normalized spacial score (nSPS) is 11.1. The van der Waals surface area contributed by atoms with E-state index in [0.29, 0.717) is 18.8 Å². The number of carbonyl (C=O) groups excluding carboxylic acids is 1. The maximum atomic E-state index is 12.3. The van der Waals surface area contributed by atoms with Gasteiger partial charge in [-0.15, -0.1) is 0 Å². The van der Waals surface area contributed by atoms with Crippen LogP contribution < -0.4 is 14.5 Å². The van der Waals surface area contributed by atoms with Crippen LogP contribution in [0.25, 0.3) is 0 Å². The van der Waals surface area contributed by atoms with Crippen LogP contribution in [0.1, 0.15) is 5.56 Å². The van der Waals surface area contributed by atoms with Crippen molar-refractivity contribution in [2.24, 2.45) is 0 Å². The summed E-state index contributed by atoms with van der Waals surface area (Å²) in [4.78, 5) is 14.3. The number of aryl methyl sites for hydroxylation is 1. The lowest BCUT2D eigenvalue weighted by Crippen LogP contribution is -2.42. The number of para-hydroxylation sites is 1. The van der Waals surface area contributed by atoms with Crippen molar-refractivity contribution in [1.29, 1.82) is 0 Å². The summed E-state index contributed by atoms with van der Waals surface area (Å²) in [5, 5.41) is 2.79. The summed E-state index contributed by atoms with van der Waals surface area (Å²) in [6, 6.07) is 15.0. The molecule has 0 aromatic heterocycles. The van der Waals surface area contributed by atoms with Crippen molar-refractivity contribution in [1.82, 2.24) is 5.32 Å². The molecule has 0 atom stereocenters. The first-order valence-corrected chi connectivity index (χ1v) is 11.1. The Morgan fingerprint density at radius 1 is 1.11 bits per heavy atom. The van der Waals surface area contributed by atoms with Gasteiger partial charge in [0.15, 0.2) is 0 Å². The Bertz CT molecular complexity index is 888. The molecule has 146 valence electrons. The van der Waals surface area contributed by atoms with Crippen molar-refractivity contribution in [2.45, 2.75) is 6.92 Å². The molecule has 8 heteroatoms. The molecule has 2 aromatic carbocycles. The molecule has 0 fully saturated rings. The maximum Gasteiger partial charge on any atom is 0.240 e. The third kappa shape index (κ3) is 6.25. The number of nitrogens with zero attached hydrogens (tertiary/aromatic N) is 2. The van der Waals surface area contributed by atoms with E-state index >= 15 is 0 Å². The number of hydrogen-bond acceptors (Lipinski definition) is 4. The standard InChI is InChI=1S/C19H24BrN3O3S/c1-15-13-17(9-10-18(15)20)23(27(3,25)26)14-19(24)21-11-12-22(2)16-7-5-4-6-8-16/h4-10,13H,11-12,14H2,1-3H3,(H,21,24). The number of carbonyl (C=O) groups is 1. The first-order chi connectivity index (χ1) is 12.7. The van der Waals surface area contributed by atoms with Gasteiger partial charge in [-0.25, -0.2) is 8.42 Å². The van der Waals surface area contributed by atoms with Crippen LogP contribution in [0, 0.1) is 6.92 Å². The third-order valence-corrected chi connectivity index (χ3v) is 6.11. The van der Waals surface area contributed by atoms with Crippen LogP contribution in [0.4, 0.5) is 11.4 Å². The van der Waals surface area contributed by atoms with E-state index in [9.17, 15) is 13.2 Å². The summed E-state index contributed by atoms with van der Waals surface area (Å²) in [6.45, 7) is 2.65. The fourth-order valence-corrected chi connectivity index (χ4v) is 3.64. The minimum absolute atomic E-state index is 0.255. The molecule has 0 aliphatic carbocycles. The number of benzene rings is 2. The fourth-order valence-electron chi connectivity index (χ4n) is 2.54. The van der Waals surface area contributed by atoms with Gasteiger partial charge in [0, 0.05) is 30.3 Å². The van der Waals surface area contributed by atoms with Crippen molar-refractivity contribution in [2.75, 3.05) is 42.1 Å². The van der Waals surface area contributed by atoms with Gasteiger partial charge in [0.2, 0.25) is 15.9 Å². The smallest absolute Gasteiger partial charge is 0.240 e. The van der Waals surface area contributed by atoms with Crippen LogP contribution in [0.2, 0.25) is 0 Å². The van der Waals surface area contributed by atoms with Gasteiger partial charge in [-0.05, 0) is 42.8 Å². The molecule has 0 bridgehead atoms. The fraction of sp³-hybridized carbons (Fsp3) is 0.316. The molecule has 6 nitrogen and oxygen atoms in total. The van der Waals surface area contributed by atoms with Crippen molar-refractivity contribution in [3.63, 3.8) is 0 Å². The minimum atomic E-state index is -3.58. The molecule has 0 saturated heterocycles. The monoisotopic (exact) mass is 453 g/mol. The lowest BCUT2D eigenvalue weighted by molar-refractivity contribution is -0.119. The van der Waals surface area contributed by atoms with E-state index in [2.05, 4.69) is 21.2 Å². The van der Waals surface area contributed by atoms with Gasteiger partial charge in [0.1, 0.15) is 6.54 Å². The number of halogens is 1. The summed E-state index contributed by atoms with van der Waals surface area (Å²) < 4.78 is 26.3. The second-order valence-corrected chi connectivity index (χ2v) is 9.07. The summed E-state index contributed by atoms with van der Waals surface area (Å²) >= 11 is 3.39. The van der Waals surface area contributed by atoms with Crippen LogP contribution in [-0.2, 0) is 14.8 Å². The molecule has 0 spiro atoms. The Labute approximate surface area is 169 Å². The Kier molecular flexibility index (Phi) is 7.26. The number of hydrogen-bond donors (Lipinski definition) is 1. The zero-order valence-corrected chi connectivity index (χ0v) is 18.0. The van der Waals surface area contributed by atoms with E-state index in [4.69, 9.17) is 0 Å². The number of nitrogens with one attached hydrogen (secondary N) is 1. The van der Waals surface area contributed by atoms with Crippen LogP contribution in [0.15, 0.2) is 53.0 Å². The quantitative estimate of drug-likeness (QED) is 0.666. The topological polar surface area (TPSA) is 69.7 Å². The lowest BCUT2D eigenvalue weighted by Gasteiger charge is -2.23. The van der Waals surface area contributed by atoms with E-state index in [0.717, 1.165) is 26.3 Å². The first kappa shape index (κ1) is 21.2. The molecule has 27 heavy (non-hydrogen) atoms. The first-order valence-electron chi connectivity index (χ1n) is 8.45. The van der Waals surface area contributed by atoms with E-state index in [1.165, 1.54) is 0 Å². The van der Waals surface area contributed by atoms with Gasteiger partial charge < -0.3 is 10.2 Å². The number of likely N-dealkylation sites (N-methyl/N-ethyl adjacent to an activating group) is 1. The van der Waals surface area contributed by atoms with Crippen molar-refractivity contribution in [3.05, 3.63) is 58.6 Å². The Morgan fingerprint density at radius 3 is 2.37 bits per heavy atom. The molecule has 2 aromatic rings. The van der Waals surface area contributed by atoms with Crippen LogP contribution in [0.5, 0.6) is 0 Å². The van der Waals surface area contributed by atoms with Gasteiger partial charge in [0.25, 0.3) is 0 Å². The Hall–Kier alpha value is -2.06. The van der Waals surface area contributed by atoms with Gasteiger partial charge in [-0.1, -0.05) is 34.1 Å². The highest BCUT2D eigenvalue weighted by atomic mass is 79.9. The number of amides is 1.